The van der Waals surface area contributed by atoms with Gasteiger partial charge in [-0.15, -0.1) is 0 Å². The van der Waals surface area contributed by atoms with Crippen LogP contribution in [0.3, 0.4) is 0 Å². The molecule has 3 aromatic rings. The summed E-state index contributed by atoms with van der Waals surface area (Å²) in [5.74, 6) is 0.704. The van der Waals surface area contributed by atoms with Gasteiger partial charge in [-0.1, -0.05) is 68.1 Å². The van der Waals surface area contributed by atoms with Gasteiger partial charge in [0.05, 0.1) is 0 Å². The summed E-state index contributed by atoms with van der Waals surface area (Å²) < 4.78 is 15.2. The molecule has 0 unspecified atom stereocenters. The van der Waals surface area contributed by atoms with Crippen molar-refractivity contribution < 1.29 is 4.39 Å². The van der Waals surface area contributed by atoms with Crippen LogP contribution < -0.4 is 5.73 Å². The fourth-order valence-electron chi connectivity index (χ4n) is 5.79. The maximum atomic E-state index is 15.2. The summed E-state index contributed by atoms with van der Waals surface area (Å²) in [6.45, 7) is 1.95. The van der Waals surface area contributed by atoms with Crippen LogP contribution in [0.25, 0.3) is 11.1 Å². The summed E-state index contributed by atoms with van der Waals surface area (Å²) in [5.41, 5.74) is 16.0. The zero-order valence-corrected chi connectivity index (χ0v) is 19.7. The Morgan fingerprint density at radius 2 is 1.55 bits per heavy atom. The molecule has 5 rings (SSSR count). The van der Waals surface area contributed by atoms with E-state index in [1.165, 1.54) is 59.9 Å². The number of nitrogen functional groups attached to an aromatic ring is 1. The van der Waals surface area contributed by atoms with Gasteiger partial charge in [-0.3, -0.25) is 0 Å². The number of benzene rings is 3. The van der Waals surface area contributed by atoms with Crippen molar-refractivity contribution in [2.24, 2.45) is 5.92 Å². The van der Waals surface area contributed by atoms with E-state index >= 15 is 4.39 Å². The summed E-state index contributed by atoms with van der Waals surface area (Å²) >= 11 is 0. The number of anilines is 1. The zero-order chi connectivity index (χ0) is 22.8. The second-order valence-electron chi connectivity index (χ2n) is 10.0. The Bertz CT molecular complexity index is 1170. The molecular weight excluding hydrogens is 405 g/mol. The van der Waals surface area contributed by atoms with E-state index in [9.17, 15) is 0 Å². The highest BCUT2D eigenvalue weighted by molar-refractivity contribution is 5.99. The van der Waals surface area contributed by atoms with Gasteiger partial charge in [0.2, 0.25) is 0 Å². The standard InChI is InChI=1S/C31H34FN/c1-21-10-16-28(30(32)18-21)29-9-5-4-8-25-20-26(33)15-17-27(25)31(29)24-13-11-23(12-14-24)19-22-6-2-3-7-22/h10-18,20,22H,2-9,19,33H2,1H3/b31-29+. The fraction of sp³-hybridized carbons (Fsp3) is 0.355. The molecule has 0 heterocycles. The van der Waals surface area contributed by atoms with Crippen LogP contribution in [0, 0.1) is 18.7 Å². The third-order valence-electron chi connectivity index (χ3n) is 7.51. The van der Waals surface area contributed by atoms with E-state index in [-0.39, 0.29) is 5.82 Å². The molecule has 1 fully saturated rings. The Hall–Kier alpha value is -2.87. The molecular formula is C31H34FN. The first-order chi connectivity index (χ1) is 16.1. The van der Waals surface area contributed by atoms with Gasteiger partial charge in [0, 0.05) is 11.3 Å². The van der Waals surface area contributed by atoms with Crippen LogP contribution in [0.4, 0.5) is 10.1 Å². The molecule has 2 heteroatoms. The first-order valence-electron chi connectivity index (χ1n) is 12.6. The highest BCUT2D eigenvalue weighted by Gasteiger charge is 2.22. The van der Waals surface area contributed by atoms with Gasteiger partial charge >= 0.3 is 0 Å². The Balaban J connectivity index is 1.65. The van der Waals surface area contributed by atoms with Crippen molar-refractivity contribution in [2.45, 2.75) is 64.7 Å². The Morgan fingerprint density at radius 1 is 0.818 bits per heavy atom. The second-order valence-corrected chi connectivity index (χ2v) is 10.0. The lowest BCUT2D eigenvalue weighted by Gasteiger charge is -2.23. The SMILES string of the molecule is Cc1ccc(/C2=C(\c3ccc(CC4CCCC4)cc3)c3ccc(N)cc3CCCC2)c(F)c1. The molecule has 0 aromatic heterocycles. The Kier molecular flexibility index (Phi) is 6.35. The van der Waals surface area contributed by atoms with Gasteiger partial charge in [0.25, 0.3) is 0 Å². The number of fused-ring (bicyclic) bond motifs is 1. The minimum absolute atomic E-state index is 0.127. The maximum Gasteiger partial charge on any atom is 0.130 e. The molecule has 1 saturated carbocycles. The van der Waals surface area contributed by atoms with Gasteiger partial charge < -0.3 is 5.73 Å². The third-order valence-corrected chi connectivity index (χ3v) is 7.51. The summed E-state index contributed by atoms with van der Waals surface area (Å²) in [5, 5.41) is 0. The number of halogens is 1. The lowest BCUT2D eigenvalue weighted by Crippen LogP contribution is -2.06. The van der Waals surface area contributed by atoms with E-state index < -0.39 is 0 Å². The van der Waals surface area contributed by atoms with Crippen LogP contribution >= 0.6 is 0 Å². The first-order valence-corrected chi connectivity index (χ1v) is 12.6. The minimum Gasteiger partial charge on any atom is -0.399 e. The first kappa shape index (κ1) is 21.9. The van der Waals surface area contributed by atoms with E-state index in [1.54, 1.807) is 6.07 Å². The molecule has 3 aromatic carbocycles. The average molecular weight is 440 g/mol. The molecule has 2 aliphatic carbocycles. The fourth-order valence-corrected chi connectivity index (χ4v) is 5.79. The quantitative estimate of drug-likeness (QED) is 0.408. The predicted octanol–water partition coefficient (Wildman–Crippen LogP) is 8.13. The molecule has 2 aliphatic rings. The summed E-state index contributed by atoms with van der Waals surface area (Å²) in [7, 11) is 0. The predicted molar refractivity (Wildman–Crippen MR) is 138 cm³/mol. The van der Waals surface area contributed by atoms with Crippen LogP contribution in [0.5, 0.6) is 0 Å². The molecule has 0 aliphatic heterocycles. The summed E-state index contributed by atoms with van der Waals surface area (Å²) in [6, 6.07) is 21.0. The van der Waals surface area contributed by atoms with Crippen LogP contribution in [-0.2, 0) is 12.8 Å². The van der Waals surface area contributed by atoms with Crippen molar-refractivity contribution in [1.29, 1.82) is 0 Å². The largest absolute Gasteiger partial charge is 0.399 e. The molecule has 170 valence electrons. The maximum absolute atomic E-state index is 15.2. The Labute approximate surface area is 197 Å². The molecule has 33 heavy (non-hydrogen) atoms. The normalized spacial score (nSPS) is 19.2. The number of rotatable bonds is 4. The number of allylic oxidation sites excluding steroid dienone is 1. The lowest BCUT2D eigenvalue weighted by atomic mass is 9.81. The molecule has 0 bridgehead atoms. The van der Waals surface area contributed by atoms with Crippen molar-refractivity contribution in [3.05, 3.63) is 99.9 Å². The van der Waals surface area contributed by atoms with Crippen LogP contribution in [0.2, 0.25) is 0 Å². The molecule has 0 amide bonds. The third kappa shape index (κ3) is 4.76. The van der Waals surface area contributed by atoms with Gasteiger partial charge in [-0.05, 0) is 102 Å². The average Bonchev–Trinajstić information content (AvgIpc) is 3.30. The van der Waals surface area contributed by atoms with Crippen LogP contribution in [0.15, 0.2) is 60.7 Å². The highest BCUT2D eigenvalue weighted by atomic mass is 19.1. The monoisotopic (exact) mass is 439 g/mol. The summed E-state index contributed by atoms with van der Waals surface area (Å²) in [4.78, 5) is 0. The molecule has 2 N–H and O–H groups in total. The highest BCUT2D eigenvalue weighted by Crippen LogP contribution is 2.40. The molecule has 0 spiro atoms. The van der Waals surface area contributed by atoms with Crippen molar-refractivity contribution in [3.63, 3.8) is 0 Å². The number of aryl methyl sites for hydroxylation is 2. The number of hydrogen-bond acceptors (Lipinski definition) is 1. The van der Waals surface area contributed by atoms with Gasteiger partial charge in [-0.2, -0.15) is 0 Å². The molecule has 0 saturated heterocycles. The topological polar surface area (TPSA) is 26.0 Å². The summed E-state index contributed by atoms with van der Waals surface area (Å²) in [6.07, 6.45) is 10.7. The van der Waals surface area contributed by atoms with Crippen LogP contribution in [0.1, 0.15) is 78.3 Å². The number of nitrogens with two attached hydrogens (primary N) is 1. The van der Waals surface area contributed by atoms with Crippen LogP contribution in [-0.4, -0.2) is 0 Å². The number of hydrogen-bond donors (Lipinski definition) is 1. The lowest BCUT2D eigenvalue weighted by molar-refractivity contribution is 0.546. The van der Waals surface area contributed by atoms with Gasteiger partial charge in [0.1, 0.15) is 5.82 Å². The van der Waals surface area contributed by atoms with E-state index in [0.29, 0.717) is 0 Å². The van der Waals surface area contributed by atoms with Crippen molar-refractivity contribution in [1.82, 2.24) is 0 Å². The molecule has 0 radical (unpaired) electrons. The second kappa shape index (κ2) is 9.55. The van der Waals surface area contributed by atoms with Crippen molar-refractivity contribution in [2.75, 3.05) is 5.73 Å². The molecule has 0 atom stereocenters. The Morgan fingerprint density at radius 3 is 2.30 bits per heavy atom. The van der Waals surface area contributed by atoms with Crippen molar-refractivity contribution >= 4 is 16.8 Å². The van der Waals surface area contributed by atoms with E-state index in [4.69, 9.17) is 5.73 Å². The van der Waals surface area contributed by atoms with E-state index in [0.717, 1.165) is 54.0 Å². The van der Waals surface area contributed by atoms with Crippen molar-refractivity contribution in [3.8, 4) is 0 Å². The minimum atomic E-state index is -0.127. The van der Waals surface area contributed by atoms with Gasteiger partial charge in [-0.25, -0.2) is 4.39 Å². The molecule has 1 nitrogen and oxygen atoms in total. The van der Waals surface area contributed by atoms with Gasteiger partial charge in [0.15, 0.2) is 0 Å². The van der Waals surface area contributed by atoms with E-state index in [1.807, 2.05) is 25.1 Å². The zero-order valence-electron chi connectivity index (χ0n) is 19.7. The smallest absolute Gasteiger partial charge is 0.130 e. The van der Waals surface area contributed by atoms with E-state index in [2.05, 4.69) is 36.4 Å².